The molecule has 21 heavy (non-hydrogen) atoms. The topological polar surface area (TPSA) is 63.3 Å². The SMILES string of the molecule is O=C(O)c1c2c(nc3cc(F)ccc13)-c1ccoc1CC2. The number of benzene rings is 1. The minimum Gasteiger partial charge on any atom is -0.478 e. The molecule has 5 heteroatoms. The van der Waals surface area contributed by atoms with Crippen LogP contribution in [0.3, 0.4) is 0 Å². The van der Waals surface area contributed by atoms with Gasteiger partial charge in [-0.25, -0.2) is 14.2 Å². The van der Waals surface area contributed by atoms with Gasteiger partial charge in [0.25, 0.3) is 0 Å². The molecule has 0 saturated carbocycles. The van der Waals surface area contributed by atoms with Crippen molar-refractivity contribution in [1.29, 1.82) is 0 Å². The molecule has 3 aromatic rings. The summed E-state index contributed by atoms with van der Waals surface area (Å²) in [6, 6.07) is 5.77. The minimum absolute atomic E-state index is 0.210. The van der Waals surface area contributed by atoms with Crippen LogP contribution in [-0.2, 0) is 12.8 Å². The smallest absolute Gasteiger partial charge is 0.336 e. The van der Waals surface area contributed by atoms with Crippen molar-refractivity contribution in [1.82, 2.24) is 4.98 Å². The van der Waals surface area contributed by atoms with E-state index in [1.807, 2.05) is 0 Å². The lowest BCUT2D eigenvalue weighted by molar-refractivity contribution is 0.0697. The van der Waals surface area contributed by atoms with Crippen molar-refractivity contribution in [3.63, 3.8) is 0 Å². The van der Waals surface area contributed by atoms with E-state index in [2.05, 4.69) is 4.98 Å². The first kappa shape index (κ1) is 12.1. The molecule has 4 nitrogen and oxygen atoms in total. The molecule has 1 aromatic carbocycles. The molecule has 0 fully saturated rings. The molecule has 1 N–H and O–H groups in total. The Bertz CT molecular complexity index is 898. The number of aromatic nitrogens is 1. The summed E-state index contributed by atoms with van der Waals surface area (Å²) in [5, 5.41) is 10.0. The molecular formula is C16H10FNO3. The van der Waals surface area contributed by atoms with E-state index in [1.165, 1.54) is 18.2 Å². The Kier molecular flexibility index (Phi) is 2.39. The fourth-order valence-electron chi connectivity index (χ4n) is 2.97. The lowest BCUT2D eigenvalue weighted by Gasteiger charge is -2.18. The van der Waals surface area contributed by atoms with Gasteiger partial charge in [-0.2, -0.15) is 0 Å². The van der Waals surface area contributed by atoms with E-state index in [1.54, 1.807) is 12.3 Å². The van der Waals surface area contributed by atoms with Crippen LogP contribution in [0.1, 0.15) is 21.7 Å². The highest BCUT2D eigenvalue weighted by Crippen LogP contribution is 2.37. The molecule has 0 unspecified atom stereocenters. The van der Waals surface area contributed by atoms with E-state index in [4.69, 9.17) is 4.42 Å². The molecule has 0 radical (unpaired) electrons. The molecule has 4 rings (SSSR count). The monoisotopic (exact) mass is 283 g/mol. The van der Waals surface area contributed by atoms with E-state index >= 15 is 0 Å². The molecule has 0 spiro atoms. The van der Waals surface area contributed by atoms with Crippen molar-refractivity contribution in [3.05, 3.63) is 53.2 Å². The zero-order valence-electron chi connectivity index (χ0n) is 10.9. The van der Waals surface area contributed by atoms with Crippen molar-refractivity contribution < 1.29 is 18.7 Å². The van der Waals surface area contributed by atoms with Gasteiger partial charge in [-0.3, -0.25) is 0 Å². The highest BCUT2D eigenvalue weighted by Gasteiger charge is 2.27. The Labute approximate surface area is 118 Å². The largest absolute Gasteiger partial charge is 0.478 e. The maximum absolute atomic E-state index is 13.4. The van der Waals surface area contributed by atoms with Gasteiger partial charge in [0.05, 0.1) is 23.0 Å². The normalized spacial score (nSPS) is 13.0. The van der Waals surface area contributed by atoms with E-state index in [-0.39, 0.29) is 5.56 Å². The number of pyridine rings is 1. The van der Waals surface area contributed by atoms with Gasteiger partial charge >= 0.3 is 5.97 Å². The Morgan fingerprint density at radius 1 is 1.29 bits per heavy atom. The van der Waals surface area contributed by atoms with Gasteiger partial charge in [0.2, 0.25) is 0 Å². The molecule has 2 aromatic heterocycles. The third-order valence-electron chi connectivity index (χ3n) is 3.87. The van der Waals surface area contributed by atoms with Gasteiger partial charge in [-0.15, -0.1) is 0 Å². The second-order valence-corrected chi connectivity index (χ2v) is 5.04. The number of carboxylic acid groups (broad SMARTS) is 1. The van der Waals surface area contributed by atoms with Crippen molar-refractivity contribution in [3.8, 4) is 11.3 Å². The first-order chi connectivity index (χ1) is 10.1. The standard InChI is InChI=1S/C16H10FNO3/c17-8-1-2-9-12(7-8)18-15-10-5-6-21-13(10)4-3-11(15)14(9)16(19)20/h1-2,5-7H,3-4H2,(H,19,20). The molecule has 1 aliphatic rings. The average molecular weight is 283 g/mol. The second-order valence-electron chi connectivity index (χ2n) is 5.04. The molecule has 1 aliphatic carbocycles. The predicted octanol–water partition coefficient (Wildman–Crippen LogP) is 3.43. The lowest BCUT2D eigenvalue weighted by atomic mass is 9.89. The van der Waals surface area contributed by atoms with Gasteiger partial charge in [-0.05, 0) is 30.2 Å². The summed E-state index contributed by atoms with van der Waals surface area (Å²) in [4.78, 5) is 16.1. The number of furan rings is 1. The van der Waals surface area contributed by atoms with Crippen LogP contribution < -0.4 is 0 Å². The first-order valence-corrected chi connectivity index (χ1v) is 6.57. The molecular weight excluding hydrogens is 273 g/mol. The van der Waals surface area contributed by atoms with Crippen LogP contribution >= 0.6 is 0 Å². The summed E-state index contributed by atoms with van der Waals surface area (Å²) in [5.41, 5.74) is 2.63. The van der Waals surface area contributed by atoms with Gasteiger partial charge < -0.3 is 9.52 Å². The van der Waals surface area contributed by atoms with Crippen molar-refractivity contribution >= 4 is 16.9 Å². The highest BCUT2D eigenvalue weighted by atomic mass is 19.1. The number of carbonyl (C=O) groups is 1. The van der Waals surface area contributed by atoms with Gasteiger partial charge in [0.15, 0.2) is 0 Å². The van der Waals surface area contributed by atoms with Crippen LogP contribution in [0.4, 0.5) is 4.39 Å². The number of fused-ring (bicyclic) bond motifs is 4. The van der Waals surface area contributed by atoms with E-state index in [0.717, 1.165) is 11.3 Å². The molecule has 0 bridgehead atoms. The van der Waals surface area contributed by atoms with E-state index in [0.29, 0.717) is 35.0 Å². The fourth-order valence-corrected chi connectivity index (χ4v) is 2.97. The molecule has 104 valence electrons. The van der Waals surface area contributed by atoms with Gasteiger partial charge in [0, 0.05) is 23.4 Å². The summed E-state index contributed by atoms with van der Waals surface area (Å²) in [5.74, 6) is -0.659. The summed E-state index contributed by atoms with van der Waals surface area (Å²) in [6.45, 7) is 0. The third-order valence-corrected chi connectivity index (χ3v) is 3.87. The molecule has 0 aliphatic heterocycles. The molecule has 2 heterocycles. The number of carboxylic acids is 1. The number of hydrogen-bond donors (Lipinski definition) is 1. The fraction of sp³-hybridized carbons (Fsp3) is 0.125. The number of aryl methyl sites for hydroxylation is 1. The van der Waals surface area contributed by atoms with Gasteiger partial charge in [0.1, 0.15) is 11.6 Å². The number of rotatable bonds is 1. The summed E-state index contributed by atoms with van der Waals surface area (Å²) >= 11 is 0. The highest BCUT2D eigenvalue weighted by molar-refractivity contribution is 6.06. The zero-order valence-corrected chi connectivity index (χ0v) is 10.9. The minimum atomic E-state index is -1.02. The Morgan fingerprint density at radius 2 is 2.14 bits per heavy atom. The quantitative estimate of drug-likeness (QED) is 0.743. The van der Waals surface area contributed by atoms with Crippen molar-refractivity contribution in [2.75, 3.05) is 0 Å². The molecule has 0 saturated heterocycles. The number of nitrogens with zero attached hydrogens (tertiary/aromatic N) is 1. The summed E-state index contributed by atoms with van der Waals surface area (Å²) in [7, 11) is 0. The molecule has 0 amide bonds. The first-order valence-electron chi connectivity index (χ1n) is 6.57. The number of hydrogen-bond acceptors (Lipinski definition) is 3. The number of aromatic carboxylic acids is 1. The second kappa shape index (κ2) is 4.15. The average Bonchev–Trinajstić information content (AvgIpc) is 2.93. The van der Waals surface area contributed by atoms with Crippen molar-refractivity contribution in [2.24, 2.45) is 0 Å². The van der Waals surface area contributed by atoms with Crippen LogP contribution in [0.5, 0.6) is 0 Å². The zero-order chi connectivity index (χ0) is 14.6. The predicted molar refractivity (Wildman–Crippen MR) is 73.8 cm³/mol. The Hall–Kier alpha value is -2.69. The van der Waals surface area contributed by atoms with Crippen LogP contribution in [0.2, 0.25) is 0 Å². The van der Waals surface area contributed by atoms with Crippen LogP contribution in [0, 0.1) is 5.82 Å². The van der Waals surface area contributed by atoms with Gasteiger partial charge in [-0.1, -0.05) is 0 Å². The Morgan fingerprint density at radius 3 is 2.95 bits per heavy atom. The summed E-state index contributed by atoms with van der Waals surface area (Å²) in [6.07, 6.45) is 2.76. The van der Waals surface area contributed by atoms with Crippen molar-refractivity contribution in [2.45, 2.75) is 12.8 Å². The lowest BCUT2D eigenvalue weighted by Crippen LogP contribution is -2.12. The summed E-state index contributed by atoms with van der Waals surface area (Å²) < 4.78 is 18.8. The molecule has 0 atom stereocenters. The van der Waals surface area contributed by atoms with Crippen LogP contribution in [-0.4, -0.2) is 16.1 Å². The Balaban J connectivity index is 2.16. The third kappa shape index (κ3) is 1.67. The maximum atomic E-state index is 13.4. The van der Waals surface area contributed by atoms with E-state index < -0.39 is 11.8 Å². The maximum Gasteiger partial charge on any atom is 0.336 e. The number of halogens is 1. The van der Waals surface area contributed by atoms with Crippen LogP contribution in [0.25, 0.3) is 22.2 Å². The van der Waals surface area contributed by atoms with E-state index in [9.17, 15) is 14.3 Å². The van der Waals surface area contributed by atoms with Crippen LogP contribution in [0.15, 0.2) is 34.9 Å².